The molecule has 0 saturated heterocycles. The van der Waals surface area contributed by atoms with Gasteiger partial charge in [0.25, 0.3) is 5.91 Å². The molecule has 0 radical (unpaired) electrons. The Kier molecular flexibility index (Phi) is 7.14. The van der Waals surface area contributed by atoms with Crippen molar-refractivity contribution in [1.82, 2.24) is 14.8 Å². The van der Waals surface area contributed by atoms with Gasteiger partial charge in [-0.3, -0.25) is 14.9 Å². The number of nitrogens with zero attached hydrogens (tertiary/aromatic N) is 3. The summed E-state index contributed by atoms with van der Waals surface area (Å²) in [5.74, 6) is -1.11. The molecular formula is C21H22N4O5S. The van der Waals surface area contributed by atoms with Crippen molar-refractivity contribution in [1.29, 1.82) is 0 Å². The van der Waals surface area contributed by atoms with Crippen molar-refractivity contribution in [3.05, 3.63) is 58.4 Å². The fraction of sp³-hybridized carbons (Fsp3) is 0.286. The molecule has 0 unspecified atom stereocenters. The summed E-state index contributed by atoms with van der Waals surface area (Å²) in [6, 6.07) is 6.78. The lowest BCUT2D eigenvalue weighted by Crippen LogP contribution is -2.12. The zero-order valence-electron chi connectivity index (χ0n) is 17.4. The van der Waals surface area contributed by atoms with Crippen LogP contribution < -0.4 is 5.32 Å². The van der Waals surface area contributed by atoms with Gasteiger partial charge in [0.1, 0.15) is 5.56 Å². The van der Waals surface area contributed by atoms with Crippen LogP contribution >= 0.6 is 11.3 Å². The van der Waals surface area contributed by atoms with E-state index in [0.29, 0.717) is 39.9 Å². The molecule has 3 aromatic rings. The fourth-order valence-electron chi connectivity index (χ4n) is 2.81. The first-order chi connectivity index (χ1) is 14.9. The molecule has 0 aliphatic carbocycles. The Labute approximate surface area is 183 Å². The Balaban J connectivity index is 1.67. The number of hydrogen-bond donors (Lipinski definition) is 1. The van der Waals surface area contributed by atoms with E-state index in [9.17, 15) is 14.4 Å². The number of thiazole rings is 1. The number of carbonyl (C=O) groups excluding carboxylic acids is 3. The predicted octanol–water partition coefficient (Wildman–Crippen LogP) is 3.17. The number of aromatic nitrogens is 3. The van der Waals surface area contributed by atoms with E-state index in [4.69, 9.17) is 9.47 Å². The van der Waals surface area contributed by atoms with Gasteiger partial charge >= 0.3 is 11.9 Å². The smallest absolute Gasteiger partial charge is 0.341 e. The second kappa shape index (κ2) is 9.98. The summed E-state index contributed by atoms with van der Waals surface area (Å²) in [6.07, 6.45) is 1.52. The van der Waals surface area contributed by atoms with E-state index < -0.39 is 5.97 Å². The molecule has 31 heavy (non-hydrogen) atoms. The van der Waals surface area contributed by atoms with Gasteiger partial charge < -0.3 is 9.47 Å². The number of carbonyl (C=O) groups is 3. The molecule has 0 aliphatic heterocycles. The van der Waals surface area contributed by atoms with Crippen molar-refractivity contribution in [2.75, 3.05) is 18.5 Å². The molecule has 0 fully saturated rings. The molecule has 1 N–H and O–H groups in total. The van der Waals surface area contributed by atoms with Crippen LogP contribution in [0.25, 0.3) is 5.69 Å². The number of benzene rings is 1. The highest BCUT2D eigenvalue weighted by atomic mass is 32.1. The molecule has 9 nitrogen and oxygen atoms in total. The molecule has 1 amide bonds. The summed E-state index contributed by atoms with van der Waals surface area (Å²) < 4.78 is 11.5. The topological polar surface area (TPSA) is 112 Å². The second-order valence-electron chi connectivity index (χ2n) is 6.40. The summed E-state index contributed by atoms with van der Waals surface area (Å²) >= 11 is 1.24. The summed E-state index contributed by atoms with van der Waals surface area (Å²) in [4.78, 5) is 40.2. The zero-order chi connectivity index (χ0) is 22.4. The van der Waals surface area contributed by atoms with Crippen LogP contribution in [-0.2, 0) is 20.7 Å². The Morgan fingerprint density at radius 2 is 1.81 bits per heavy atom. The van der Waals surface area contributed by atoms with Crippen LogP contribution in [-0.4, -0.2) is 45.8 Å². The van der Waals surface area contributed by atoms with Gasteiger partial charge in [-0.25, -0.2) is 14.5 Å². The molecular weight excluding hydrogens is 420 g/mol. The quantitative estimate of drug-likeness (QED) is 0.533. The highest BCUT2D eigenvalue weighted by Gasteiger charge is 2.17. The predicted molar refractivity (Wildman–Crippen MR) is 115 cm³/mol. The lowest BCUT2D eigenvalue weighted by atomic mass is 10.2. The molecule has 0 bridgehead atoms. The minimum Gasteiger partial charge on any atom is -0.466 e. The van der Waals surface area contributed by atoms with Gasteiger partial charge in [0.05, 0.1) is 42.9 Å². The number of ether oxygens (including phenoxy) is 2. The number of hydrogen-bond acceptors (Lipinski definition) is 8. The van der Waals surface area contributed by atoms with Gasteiger partial charge in [0.15, 0.2) is 5.13 Å². The Hall–Kier alpha value is -3.53. The van der Waals surface area contributed by atoms with Crippen LogP contribution in [0, 0.1) is 6.92 Å². The average molecular weight is 442 g/mol. The number of amides is 1. The fourth-order valence-corrected chi connectivity index (χ4v) is 3.51. The molecule has 0 atom stereocenters. The highest BCUT2D eigenvalue weighted by Crippen LogP contribution is 2.19. The Bertz CT molecular complexity index is 1090. The monoisotopic (exact) mass is 442 g/mol. The van der Waals surface area contributed by atoms with Crippen molar-refractivity contribution in [3.8, 4) is 5.69 Å². The summed E-state index contributed by atoms with van der Waals surface area (Å²) in [6.45, 7) is 5.86. The maximum Gasteiger partial charge on any atom is 0.341 e. The van der Waals surface area contributed by atoms with Crippen LogP contribution in [0.4, 0.5) is 5.13 Å². The lowest BCUT2D eigenvalue weighted by Gasteiger charge is -2.07. The first-order valence-corrected chi connectivity index (χ1v) is 10.5. The van der Waals surface area contributed by atoms with Crippen LogP contribution in [0.3, 0.4) is 0 Å². The third-order valence-electron chi connectivity index (χ3n) is 4.28. The van der Waals surface area contributed by atoms with E-state index in [2.05, 4.69) is 15.4 Å². The number of nitrogens with one attached hydrogen (secondary N) is 1. The van der Waals surface area contributed by atoms with Gasteiger partial charge in [0.2, 0.25) is 0 Å². The third kappa shape index (κ3) is 5.34. The van der Waals surface area contributed by atoms with Crippen LogP contribution in [0.5, 0.6) is 0 Å². The second-order valence-corrected chi connectivity index (χ2v) is 7.26. The van der Waals surface area contributed by atoms with Gasteiger partial charge in [-0.1, -0.05) is 0 Å². The molecule has 2 heterocycles. The van der Waals surface area contributed by atoms with E-state index in [1.807, 2.05) is 0 Å². The average Bonchev–Trinajstić information content (AvgIpc) is 3.34. The zero-order valence-corrected chi connectivity index (χ0v) is 18.2. The van der Waals surface area contributed by atoms with E-state index in [-0.39, 0.29) is 24.9 Å². The van der Waals surface area contributed by atoms with E-state index in [1.165, 1.54) is 17.5 Å². The molecule has 3 rings (SSSR count). The van der Waals surface area contributed by atoms with Crippen LogP contribution in [0.2, 0.25) is 0 Å². The number of rotatable bonds is 8. The minimum atomic E-state index is -0.423. The molecule has 0 aliphatic rings. The molecule has 0 spiro atoms. The maximum atomic E-state index is 12.5. The normalized spacial score (nSPS) is 10.5. The largest absolute Gasteiger partial charge is 0.466 e. The van der Waals surface area contributed by atoms with Gasteiger partial charge in [-0.15, -0.1) is 11.3 Å². The summed E-state index contributed by atoms with van der Waals surface area (Å²) in [7, 11) is 0. The van der Waals surface area contributed by atoms with E-state index in [0.717, 1.165) is 0 Å². The first-order valence-electron chi connectivity index (χ1n) is 9.66. The van der Waals surface area contributed by atoms with Crippen LogP contribution in [0.1, 0.15) is 46.0 Å². The van der Waals surface area contributed by atoms with Crippen LogP contribution in [0.15, 0.2) is 35.8 Å². The summed E-state index contributed by atoms with van der Waals surface area (Å²) in [5.41, 5.74) is 2.72. The van der Waals surface area contributed by atoms with Crippen molar-refractivity contribution >= 4 is 34.3 Å². The third-order valence-corrected chi connectivity index (χ3v) is 5.09. The lowest BCUT2D eigenvalue weighted by molar-refractivity contribution is -0.142. The van der Waals surface area contributed by atoms with Gasteiger partial charge in [0, 0.05) is 10.9 Å². The Morgan fingerprint density at radius 3 is 2.48 bits per heavy atom. The summed E-state index contributed by atoms with van der Waals surface area (Å²) in [5, 5.41) is 9.06. The number of anilines is 1. The molecule has 10 heteroatoms. The standard InChI is InChI=1S/C21H22N4O5S/c1-4-29-18(26)10-15-12-31-21(23-15)24-19(27)14-6-8-16(9-7-14)25-13(3)17(11-22-25)20(28)30-5-2/h6-9,11-12H,4-5,10H2,1-3H3,(H,23,24,27). The van der Waals surface area contributed by atoms with Gasteiger partial charge in [-0.05, 0) is 45.0 Å². The van der Waals surface area contributed by atoms with Crippen molar-refractivity contribution in [2.45, 2.75) is 27.2 Å². The first kappa shape index (κ1) is 22.2. The van der Waals surface area contributed by atoms with E-state index >= 15 is 0 Å². The molecule has 2 aromatic heterocycles. The maximum absolute atomic E-state index is 12.5. The van der Waals surface area contributed by atoms with Crippen molar-refractivity contribution in [3.63, 3.8) is 0 Å². The van der Waals surface area contributed by atoms with E-state index in [1.54, 1.807) is 55.1 Å². The molecule has 162 valence electrons. The minimum absolute atomic E-state index is 0.0614. The van der Waals surface area contributed by atoms with Crippen molar-refractivity contribution in [2.24, 2.45) is 0 Å². The van der Waals surface area contributed by atoms with Gasteiger partial charge in [-0.2, -0.15) is 5.10 Å². The SMILES string of the molecule is CCOC(=O)Cc1csc(NC(=O)c2ccc(-n3ncc(C(=O)OCC)c3C)cc2)n1. The Morgan fingerprint density at radius 1 is 1.10 bits per heavy atom. The molecule has 1 aromatic carbocycles. The highest BCUT2D eigenvalue weighted by molar-refractivity contribution is 7.14. The van der Waals surface area contributed by atoms with Crippen molar-refractivity contribution < 1.29 is 23.9 Å². The number of esters is 2. The molecule has 0 saturated carbocycles.